The molecule has 1 atom stereocenters. The molecular formula is C16H25N3OS. The van der Waals surface area contributed by atoms with Crippen LogP contribution in [0, 0.1) is 0 Å². The van der Waals surface area contributed by atoms with Crippen LogP contribution in [0.4, 0.5) is 10.5 Å². The highest BCUT2D eigenvalue weighted by molar-refractivity contribution is 7.99. The first-order valence-electron chi connectivity index (χ1n) is 7.63. The van der Waals surface area contributed by atoms with E-state index in [9.17, 15) is 4.79 Å². The molecule has 2 amide bonds. The van der Waals surface area contributed by atoms with Crippen molar-refractivity contribution in [2.75, 3.05) is 37.8 Å². The number of benzene rings is 1. The van der Waals surface area contributed by atoms with E-state index in [1.54, 1.807) is 0 Å². The summed E-state index contributed by atoms with van der Waals surface area (Å²) < 4.78 is 0. The van der Waals surface area contributed by atoms with E-state index in [1.165, 1.54) is 11.3 Å². The number of carbonyl (C=O) groups excluding carboxylic acids is 1. The molecule has 1 aliphatic rings. The van der Waals surface area contributed by atoms with Crippen molar-refractivity contribution in [2.45, 2.75) is 25.6 Å². The van der Waals surface area contributed by atoms with E-state index < -0.39 is 0 Å². The Kier molecular flexibility index (Phi) is 5.94. The molecule has 1 unspecified atom stereocenters. The Labute approximate surface area is 131 Å². The zero-order chi connectivity index (χ0) is 15.2. The van der Waals surface area contributed by atoms with Crippen LogP contribution < -0.4 is 5.32 Å². The van der Waals surface area contributed by atoms with Gasteiger partial charge in [-0.2, -0.15) is 0 Å². The monoisotopic (exact) mass is 307 g/mol. The average molecular weight is 307 g/mol. The van der Waals surface area contributed by atoms with E-state index in [4.69, 9.17) is 0 Å². The highest BCUT2D eigenvalue weighted by Crippen LogP contribution is 2.36. The van der Waals surface area contributed by atoms with Crippen LogP contribution >= 0.6 is 11.8 Å². The standard InChI is InChI=1S/C16H25N3OS/c1-4-10-19(5-2)16(20)17-14-8-6-13(7-9-14)15-18(3)11-12-21-15/h6-9,15H,4-5,10-12H2,1-3H3,(H,17,20). The van der Waals surface area contributed by atoms with Crippen molar-refractivity contribution in [3.8, 4) is 0 Å². The Balaban J connectivity index is 1.97. The fourth-order valence-corrected chi connectivity index (χ4v) is 3.84. The molecule has 0 radical (unpaired) electrons. The number of hydrogen-bond donors (Lipinski definition) is 1. The second-order valence-corrected chi connectivity index (χ2v) is 6.52. The molecule has 0 saturated carbocycles. The lowest BCUT2D eigenvalue weighted by molar-refractivity contribution is 0.214. The lowest BCUT2D eigenvalue weighted by Gasteiger charge is -2.21. The van der Waals surface area contributed by atoms with Crippen LogP contribution in [0.25, 0.3) is 0 Å². The molecule has 1 aromatic rings. The van der Waals surface area contributed by atoms with E-state index in [1.807, 2.05) is 35.7 Å². The van der Waals surface area contributed by atoms with Crippen LogP contribution in [0.2, 0.25) is 0 Å². The topological polar surface area (TPSA) is 35.6 Å². The molecule has 1 aliphatic heterocycles. The van der Waals surface area contributed by atoms with Gasteiger partial charge in [-0.3, -0.25) is 4.90 Å². The average Bonchev–Trinajstić information content (AvgIpc) is 2.91. The van der Waals surface area contributed by atoms with Crippen LogP contribution in [-0.4, -0.2) is 48.3 Å². The molecule has 1 fully saturated rings. The van der Waals surface area contributed by atoms with Gasteiger partial charge in [0.05, 0.1) is 5.37 Å². The summed E-state index contributed by atoms with van der Waals surface area (Å²) in [7, 11) is 2.16. The molecule has 1 N–H and O–H groups in total. The van der Waals surface area contributed by atoms with Crippen LogP contribution in [-0.2, 0) is 0 Å². The van der Waals surface area contributed by atoms with E-state index in [0.29, 0.717) is 5.37 Å². The summed E-state index contributed by atoms with van der Waals surface area (Å²) in [5.41, 5.74) is 2.17. The SMILES string of the molecule is CCCN(CC)C(=O)Nc1ccc(C2SCCN2C)cc1. The summed E-state index contributed by atoms with van der Waals surface area (Å²) in [5, 5.41) is 3.42. The molecular weight excluding hydrogens is 282 g/mol. The van der Waals surface area contributed by atoms with Crippen molar-refractivity contribution in [3.63, 3.8) is 0 Å². The van der Waals surface area contributed by atoms with E-state index >= 15 is 0 Å². The van der Waals surface area contributed by atoms with Gasteiger partial charge in [-0.15, -0.1) is 11.8 Å². The largest absolute Gasteiger partial charge is 0.325 e. The predicted octanol–water partition coefficient (Wildman–Crippen LogP) is 3.63. The zero-order valence-corrected chi connectivity index (χ0v) is 13.9. The van der Waals surface area contributed by atoms with Gasteiger partial charge in [0.15, 0.2) is 0 Å². The molecule has 0 aliphatic carbocycles. The predicted molar refractivity (Wildman–Crippen MR) is 90.8 cm³/mol. The molecule has 116 valence electrons. The van der Waals surface area contributed by atoms with Crippen molar-refractivity contribution in [1.82, 2.24) is 9.80 Å². The minimum Gasteiger partial charge on any atom is -0.325 e. The first kappa shape index (κ1) is 16.2. The van der Waals surface area contributed by atoms with Crippen LogP contribution in [0.1, 0.15) is 31.2 Å². The molecule has 0 bridgehead atoms. The minimum atomic E-state index is -0.0144. The summed E-state index contributed by atoms with van der Waals surface area (Å²) in [6.07, 6.45) is 0.978. The summed E-state index contributed by atoms with van der Waals surface area (Å²) in [5.74, 6) is 1.18. The third-order valence-electron chi connectivity index (χ3n) is 3.73. The Morgan fingerprint density at radius 3 is 2.62 bits per heavy atom. The maximum atomic E-state index is 12.1. The summed E-state index contributed by atoms with van der Waals surface area (Å²) in [6.45, 7) is 6.76. The van der Waals surface area contributed by atoms with Crippen molar-refractivity contribution in [1.29, 1.82) is 0 Å². The summed E-state index contributed by atoms with van der Waals surface area (Å²) in [6, 6.07) is 8.22. The second kappa shape index (κ2) is 7.71. The van der Waals surface area contributed by atoms with Gasteiger partial charge in [-0.05, 0) is 38.1 Å². The first-order chi connectivity index (χ1) is 10.2. The van der Waals surface area contributed by atoms with Crippen LogP contribution in [0.15, 0.2) is 24.3 Å². The zero-order valence-electron chi connectivity index (χ0n) is 13.1. The molecule has 4 nitrogen and oxygen atoms in total. The molecule has 1 saturated heterocycles. The smallest absolute Gasteiger partial charge is 0.321 e. The third-order valence-corrected chi connectivity index (χ3v) is 5.10. The lowest BCUT2D eigenvalue weighted by atomic mass is 10.2. The van der Waals surface area contributed by atoms with Crippen molar-refractivity contribution in [3.05, 3.63) is 29.8 Å². The molecule has 21 heavy (non-hydrogen) atoms. The quantitative estimate of drug-likeness (QED) is 0.902. The Hall–Kier alpha value is -1.20. The first-order valence-corrected chi connectivity index (χ1v) is 8.68. The Morgan fingerprint density at radius 1 is 1.38 bits per heavy atom. The number of amides is 2. The van der Waals surface area contributed by atoms with Crippen molar-refractivity contribution >= 4 is 23.5 Å². The number of carbonyl (C=O) groups is 1. The Bertz CT molecular complexity index is 463. The number of nitrogens with one attached hydrogen (secondary N) is 1. The maximum Gasteiger partial charge on any atom is 0.321 e. The van der Waals surface area contributed by atoms with Gasteiger partial charge < -0.3 is 10.2 Å². The van der Waals surface area contributed by atoms with Crippen LogP contribution in [0.3, 0.4) is 0 Å². The number of thioether (sulfide) groups is 1. The lowest BCUT2D eigenvalue weighted by Crippen LogP contribution is -2.35. The van der Waals surface area contributed by atoms with Gasteiger partial charge in [-0.1, -0.05) is 19.1 Å². The third kappa shape index (κ3) is 4.14. The van der Waals surface area contributed by atoms with Gasteiger partial charge in [-0.25, -0.2) is 4.79 Å². The maximum absolute atomic E-state index is 12.1. The molecule has 1 heterocycles. The van der Waals surface area contributed by atoms with Gasteiger partial charge in [0.25, 0.3) is 0 Å². The number of nitrogens with zero attached hydrogens (tertiary/aromatic N) is 2. The number of rotatable bonds is 5. The molecule has 0 spiro atoms. The fourth-order valence-electron chi connectivity index (χ4n) is 2.51. The number of urea groups is 1. The highest BCUT2D eigenvalue weighted by Gasteiger charge is 2.23. The Morgan fingerprint density at radius 2 is 2.10 bits per heavy atom. The van der Waals surface area contributed by atoms with Gasteiger partial charge in [0.1, 0.15) is 0 Å². The van der Waals surface area contributed by atoms with E-state index in [2.05, 4.69) is 36.3 Å². The van der Waals surface area contributed by atoms with Crippen LogP contribution in [0.5, 0.6) is 0 Å². The van der Waals surface area contributed by atoms with Gasteiger partial charge in [0, 0.05) is 31.1 Å². The van der Waals surface area contributed by atoms with Gasteiger partial charge in [0.2, 0.25) is 0 Å². The molecule has 5 heteroatoms. The number of hydrogen-bond acceptors (Lipinski definition) is 3. The summed E-state index contributed by atoms with van der Waals surface area (Å²) >= 11 is 1.97. The van der Waals surface area contributed by atoms with E-state index in [-0.39, 0.29) is 6.03 Å². The fraction of sp³-hybridized carbons (Fsp3) is 0.562. The molecule has 1 aromatic carbocycles. The van der Waals surface area contributed by atoms with Crippen molar-refractivity contribution < 1.29 is 4.79 Å². The van der Waals surface area contributed by atoms with Gasteiger partial charge >= 0.3 is 6.03 Å². The minimum absolute atomic E-state index is 0.0144. The highest BCUT2D eigenvalue weighted by atomic mass is 32.2. The second-order valence-electron chi connectivity index (χ2n) is 5.34. The van der Waals surface area contributed by atoms with Crippen molar-refractivity contribution in [2.24, 2.45) is 0 Å². The summed E-state index contributed by atoms with van der Waals surface area (Å²) in [4.78, 5) is 16.3. The van der Waals surface area contributed by atoms with E-state index in [0.717, 1.165) is 31.7 Å². The normalized spacial score (nSPS) is 18.7. The number of anilines is 1. The molecule has 2 rings (SSSR count). The molecule has 0 aromatic heterocycles.